The topological polar surface area (TPSA) is 41.5 Å². The molecular weight excluding hydrogens is 411 g/mol. The molecule has 0 atom stereocenters. The lowest BCUT2D eigenvalue weighted by molar-refractivity contribution is 0.0955. The van der Waals surface area contributed by atoms with Crippen LogP contribution in [0.3, 0.4) is 0 Å². The normalized spacial score (nSPS) is 11.7. The highest BCUT2D eigenvalue weighted by Gasteiger charge is 2.45. The summed E-state index contributed by atoms with van der Waals surface area (Å²) in [7, 11) is -2.02. The zero-order valence-electron chi connectivity index (χ0n) is 18.1. The van der Waals surface area contributed by atoms with Gasteiger partial charge in [-0.15, -0.1) is 0 Å². The van der Waals surface area contributed by atoms with Crippen LogP contribution in [0.2, 0.25) is 0 Å². The van der Waals surface area contributed by atoms with Crippen LogP contribution in [0.1, 0.15) is 17.3 Å². The molecule has 4 aromatic carbocycles. The monoisotopic (exact) mass is 437 g/mol. The van der Waals surface area contributed by atoms with Crippen LogP contribution < -0.4 is 21.3 Å². The number of carbonyl (C=O) groups is 1. The molecule has 0 aromatic heterocycles. The summed E-state index contributed by atoms with van der Waals surface area (Å²) >= 11 is 0. The van der Waals surface area contributed by atoms with E-state index in [2.05, 4.69) is 102 Å². The van der Waals surface area contributed by atoms with Crippen molar-refractivity contribution in [2.45, 2.75) is 6.92 Å². The van der Waals surface area contributed by atoms with Crippen LogP contribution in [-0.2, 0) is 0 Å². The maximum absolute atomic E-state index is 12.5. The van der Waals surface area contributed by atoms with Gasteiger partial charge in [0.1, 0.15) is 29.3 Å². The van der Waals surface area contributed by atoms with E-state index in [9.17, 15) is 4.79 Å². The molecule has 0 saturated carbocycles. The first-order valence-electron chi connectivity index (χ1n) is 10.6. The van der Waals surface area contributed by atoms with Gasteiger partial charge in [0.2, 0.25) is 0 Å². The first kappa shape index (κ1) is 21.7. The Hall–Kier alpha value is -3.55. The van der Waals surface area contributed by atoms with Crippen molar-refractivity contribution in [1.29, 1.82) is 0 Å². The Kier molecular flexibility index (Phi) is 6.89. The lowest BCUT2D eigenvalue weighted by atomic mass is 10.2. The van der Waals surface area contributed by atoms with Gasteiger partial charge in [-0.05, 0) is 55.5 Å². The fraction of sp³-hybridized carbons (Fsp3) is 0.0714. The third kappa shape index (κ3) is 4.69. The first-order chi connectivity index (χ1) is 15.7. The van der Waals surface area contributed by atoms with Gasteiger partial charge in [-0.2, -0.15) is 5.10 Å². The second kappa shape index (κ2) is 10.2. The molecule has 0 unspecified atom stereocenters. The van der Waals surface area contributed by atoms with Crippen molar-refractivity contribution >= 4 is 34.8 Å². The quantitative estimate of drug-likeness (QED) is 0.252. The minimum absolute atomic E-state index is 0.201. The van der Waals surface area contributed by atoms with Gasteiger partial charge in [-0.25, -0.2) is 5.43 Å². The highest BCUT2D eigenvalue weighted by Crippen LogP contribution is 2.55. The molecule has 32 heavy (non-hydrogen) atoms. The molecule has 0 bridgehead atoms. The van der Waals surface area contributed by atoms with E-state index in [1.54, 1.807) is 12.1 Å². The van der Waals surface area contributed by atoms with Crippen molar-refractivity contribution in [3.05, 3.63) is 127 Å². The fourth-order valence-corrected chi connectivity index (χ4v) is 8.19. The van der Waals surface area contributed by atoms with E-state index >= 15 is 0 Å². The van der Waals surface area contributed by atoms with E-state index in [-0.39, 0.29) is 5.91 Å². The molecule has 0 spiro atoms. The minimum atomic E-state index is -2.02. The minimum Gasteiger partial charge on any atom is -0.267 e. The lowest BCUT2D eigenvalue weighted by Gasteiger charge is -2.27. The molecular formula is C28H26N2OP+. The van der Waals surface area contributed by atoms with E-state index in [0.29, 0.717) is 5.56 Å². The molecule has 4 rings (SSSR count). The molecule has 1 amide bonds. The Bertz CT molecular complexity index is 1080. The average molecular weight is 438 g/mol. The van der Waals surface area contributed by atoms with E-state index < -0.39 is 7.26 Å². The van der Waals surface area contributed by atoms with Crippen molar-refractivity contribution in [2.24, 2.45) is 5.10 Å². The maximum atomic E-state index is 12.5. The van der Waals surface area contributed by atoms with Crippen LogP contribution in [0.25, 0.3) is 0 Å². The van der Waals surface area contributed by atoms with Gasteiger partial charge in [0.15, 0.2) is 0 Å². The predicted molar refractivity (Wildman–Crippen MR) is 137 cm³/mol. The molecule has 3 nitrogen and oxygen atoms in total. The van der Waals surface area contributed by atoms with Crippen molar-refractivity contribution in [2.75, 3.05) is 6.16 Å². The SMILES string of the molecule is CC(C[P+](c1ccccc1)(c1ccccc1)c1ccccc1)=NNC(=O)c1ccccc1. The summed E-state index contributed by atoms with van der Waals surface area (Å²) in [6, 6.07) is 41.2. The summed E-state index contributed by atoms with van der Waals surface area (Å²) < 4.78 is 0. The second-order valence-electron chi connectivity index (χ2n) is 7.63. The standard InChI is InChI=1S/C28H25N2OP/c1-23(29-30-28(31)24-14-6-2-7-15-24)22-32(25-16-8-3-9-17-25,26-18-10-4-11-19-26)27-20-12-5-13-21-27/h2-21H,22H2,1H3/p+1. The van der Waals surface area contributed by atoms with Gasteiger partial charge in [0, 0.05) is 5.56 Å². The van der Waals surface area contributed by atoms with Gasteiger partial charge >= 0.3 is 0 Å². The molecule has 158 valence electrons. The summed E-state index contributed by atoms with van der Waals surface area (Å²) in [5.41, 5.74) is 4.23. The summed E-state index contributed by atoms with van der Waals surface area (Å²) in [6.45, 7) is 1.99. The maximum Gasteiger partial charge on any atom is 0.271 e. The second-order valence-corrected chi connectivity index (χ2v) is 11.1. The third-order valence-corrected chi connectivity index (χ3v) is 9.91. The van der Waals surface area contributed by atoms with Crippen LogP contribution in [0.4, 0.5) is 0 Å². The van der Waals surface area contributed by atoms with Crippen LogP contribution in [0, 0.1) is 0 Å². The van der Waals surface area contributed by atoms with Gasteiger partial charge in [-0.1, -0.05) is 72.8 Å². The Morgan fingerprint density at radius 1 is 0.656 bits per heavy atom. The predicted octanol–water partition coefficient (Wildman–Crippen LogP) is 4.79. The lowest BCUT2D eigenvalue weighted by Crippen LogP contribution is -2.35. The number of nitrogens with zero attached hydrogens (tertiary/aromatic N) is 1. The molecule has 0 aliphatic carbocycles. The van der Waals surface area contributed by atoms with Crippen LogP contribution in [0.5, 0.6) is 0 Å². The fourth-order valence-electron chi connectivity index (χ4n) is 3.95. The van der Waals surface area contributed by atoms with Crippen molar-refractivity contribution in [3.63, 3.8) is 0 Å². The largest absolute Gasteiger partial charge is 0.271 e. The van der Waals surface area contributed by atoms with Gasteiger partial charge in [0.25, 0.3) is 5.91 Å². The Labute approximate surface area is 190 Å². The van der Waals surface area contributed by atoms with Crippen LogP contribution in [-0.4, -0.2) is 17.8 Å². The van der Waals surface area contributed by atoms with Crippen molar-refractivity contribution < 1.29 is 4.79 Å². The van der Waals surface area contributed by atoms with E-state index in [1.165, 1.54) is 15.9 Å². The average Bonchev–Trinajstić information content (AvgIpc) is 2.88. The smallest absolute Gasteiger partial charge is 0.267 e. The first-order valence-corrected chi connectivity index (χ1v) is 12.6. The highest BCUT2D eigenvalue weighted by molar-refractivity contribution is 7.96. The number of nitrogens with one attached hydrogen (secondary N) is 1. The van der Waals surface area contributed by atoms with Crippen LogP contribution in [0.15, 0.2) is 126 Å². The Morgan fingerprint density at radius 3 is 1.44 bits per heavy atom. The number of hydrogen-bond acceptors (Lipinski definition) is 2. The number of carbonyl (C=O) groups excluding carboxylic acids is 1. The van der Waals surface area contributed by atoms with Crippen molar-refractivity contribution in [3.8, 4) is 0 Å². The molecule has 0 radical (unpaired) electrons. The molecule has 0 saturated heterocycles. The summed E-state index contributed by atoms with van der Waals surface area (Å²) in [6.07, 6.45) is 0.736. The number of benzene rings is 4. The third-order valence-electron chi connectivity index (χ3n) is 5.44. The number of amides is 1. The molecule has 4 aromatic rings. The van der Waals surface area contributed by atoms with E-state index in [1.807, 2.05) is 25.1 Å². The molecule has 0 fully saturated rings. The van der Waals surface area contributed by atoms with Crippen molar-refractivity contribution in [1.82, 2.24) is 5.43 Å². The zero-order chi connectivity index (χ0) is 22.2. The summed E-state index contributed by atoms with van der Waals surface area (Å²) in [5, 5.41) is 8.39. The highest BCUT2D eigenvalue weighted by atomic mass is 31.2. The van der Waals surface area contributed by atoms with Gasteiger partial charge in [0.05, 0.1) is 5.71 Å². The molecule has 4 heteroatoms. The molecule has 0 aliphatic rings. The van der Waals surface area contributed by atoms with E-state index in [4.69, 9.17) is 0 Å². The Balaban J connectivity index is 1.76. The summed E-state index contributed by atoms with van der Waals surface area (Å²) in [4.78, 5) is 12.5. The summed E-state index contributed by atoms with van der Waals surface area (Å²) in [5.74, 6) is -0.201. The number of hydrogen-bond donors (Lipinski definition) is 1. The Morgan fingerprint density at radius 2 is 1.03 bits per heavy atom. The van der Waals surface area contributed by atoms with Gasteiger partial charge < -0.3 is 0 Å². The molecule has 0 heterocycles. The molecule has 0 aliphatic heterocycles. The molecule has 1 N–H and O–H groups in total. The number of hydrazone groups is 1. The number of rotatable bonds is 7. The zero-order valence-corrected chi connectivity index (χ0v) is 19.0. The van der Waals surface area contributed by atoms with Crippen LogP contribution >= 0.6 is 7.26 Å². The van der Waals surface area contributed by atoms with E-state index in [0.717, 1.165) is 11.9 Å². The van der Waals surface area contributed by atoms with Gasteiger partial charge in [-0.3, -0.25) is 4.79 Å².